The van der Waals surface area contributed by atoms with Crippen LogP contribution >= 0.6 is 0 Å². The van der Waals surface area contributed by atoms with E-state index in [9.17, 15) is 0 Å². The smallest absolute Gasteiger partial charge is 0.280 e. The number of pyridine rings is 2. The van der Waals surface area contributed by atoms with Gasteiger partial charge in [0.15, 0.2) is 12.4 Å². The molecule has 0 aromatic carbocycles. The molecule has 18 heavy (non-hydrogen) atoms. The van der Waals surface area contributed by atoms with Gasteiger partial charge in [0, 0.05) is 12.1 Å². The van der Waals surface area contributed by atoms with Gasteiger partial charge < -0.3 is 9.47 Å². The minimum atomic E-state index is 0.839. The Kier molecular flexibility index (Phi) is 3.46. The Balaban J connectivity index is 2.60. The SMILES string of the molecule is COc1cc[n+](C)c(-c2cc(OC)cc[n+]2C)c1. The first kappa shape index (κ1) is 12.4. The number of methoxy groups -OCH3 is 2. The molecule has 2 aromatic rings. The van der Waals surface area contributed by atoms with Gasteiger partial charge in [-0.2, -0.15) is 9.13 Å². The standard InChI is InChI=1S/C14H18N2O2/c1-15-7-5-11(17-3)9-13(15)14-10-12(18-4)6-8-16(14)2/h5-10H,1-4H3/q+2. The monoisotopic (exact) mass is 246 g/mol. The molecule has 4 heteroatoms. The molecule has 2 rings (SSSR count). The maximum absolute atomic E-state index is 5.27. The fourth-order valence-corrected chi connectivity index (χ4v) is 1.86. The van der Waals surface area contributed by atoms with Crippen LogP contribution in [0.4, 0.5) is 0 Å². The maximum Gasteiger partial charge on any atom is 0.280 e. The van der Waals surface area contributed by atoms with Crippen molar-refractivity contribution in [1.82, 2.24) is 0 Å². The van der Waals surface area contributed by atoms with Gasteiger partial charge >= 0.3 is 0 Å². The third-order valence-electron chi connectivity index (χ3n) is 2.98. The molecule has 0 atom stereocenters. The highest BCUT2D eigenvalue weighted by atomic mass is 16.5. The first-order valence-electron chi connectivity index (χ1n) is 5.73. The molecule has 0 N–H and O–H groups in total. The summed E-state index contributed by atoms with van der Waals surface area (Å²) in [5.74, 6) is 1.68. The molecule has 0 bridgehead atoms. The molecule has 0 saturated heterocycles. The largest absolute Gasteiger partial charge is 0.496 e. The highest BCUT2D eigenvalue weighted by Gasteiger charge is 2.21. The van der Waals surface area contributed by atoms with E-state index in [4.69, 9.17) is 9.47 Å². The summed E-state index contributed by atoms with van der Waals surface area (Å²) in [5.41, 5.74) is 2.13. The number of nitrogens with zero attached hydrogens (tertiary/aromatic N) is 2. The minimum absolute atomic E-state index is 0.839. The molecule has 0 amide bonds. The average Bonchev–Trinajstić information content (AvgIpc) is 2.40. The van der Waals surface area contributed by atoms with Crippen molar-refractivity contribution in [2.24, 2.45) is 14.1 Å². The van der Waals surface area contributed by atoms with Crippen molar-refractivity contribution in [3.63, 3.8) is 0 Å². The van der Waals surface area contributed by atoms with Gasteiger partial charge in [0.2, 0.25) is 0 Å². The van der Waals surface area contributed by atoms with Gasteiger partial charge in [0.25, 0.3) is 11.4 Å². The van der Waals surface area contributed by atoms with Crippen LogP contribution in [0.1, 0.15) is 0 Å². The molecule has 4 nitrogen and oxygen atoms in total. The third-order valence-corrected chi connectivity index (χ3v) is 2.98. The second-order valence-corrected chi connectivity index (χ2v) is 4.13. The molecular formula is C14H18N2O2+2. The molecule has 0 aliphatic rings. The van der Waals surface area contributed by atoms with Crippen molar-refractivity contribution in [3.8, 4) is 22.9 Å². The summed E-state index contributed by atoms with van der Waals surface area (Å²) in [7, 11) is 7.36. The molecule has 2 aromatic heterocycles. The van der Waals surface area contributed by atoms with Crippen LogP contribution in [-0.4, -0.2) is 14.2 Å². The fraction of sp³-hybridized carbons (Fsp3) is 0.286. The van der Waals surface area contributed by atoms with Crippen molar-refractivity contribution in [3.05, 3.63) is 36.7 Å². The van der Waals surface area contributed by atoms with E-state index >= 15 is 0 Å². The van der Waals surface area contributed by atoms with Crippen LogP contribution in [0.2, 0.25) is 0 Å². The van der Waals surface area contributed by atoms with Crippen molar-refractivity contribution < 1.29 is 18.6 Å². The molecule has 0 aliphatic heterocycles. The van der Waals surface area contributed by atoms with Gasteiger partial charge in [-0.25, -0.2) is 0 Å². The van der Waals surface area contributed by atoms with E-state index in [1.165, 1.54) is 0 Å². The number of ether oxygens (including phenoxy) is 2. The lowest BCUT2D eigenvalue weighted by molar-refractivity contribution is -0.690. The summed E-state index contributed by atoms with van der Waals surface area (Å²) in [6.45, 7) is 0. The molecule has 0 spiro atoms. The lowest BCUT2D eigenvalue weighted by Gasteiger charge is -2.04. The van der Waals surface area contributed by atoms with Crippen molar-refractivity contribution in [2.75, 3.05) is 14.2 Å². The normalized spacial score (nSPS) is 10.2. The summed E-state index contributed by atoms with van der Waals surface area (Å²) >= 11 is 0. The molecular weight excluding hydrogens is 228 g/mol. The number of aryl methyl sites for hydroxylation is 2. The fourth-order valence-electron chi connectivity index (χ4n) is 1.86. The molecule has 0 radical (unpaired) electrons. The molecule has 2 heterocycles. The van der Waals surface area contributed by atoms with E-state index in [1.807, 2.05) is 50.8 Å². The summed E-state index contributed by atoms with van der Waals surface area (Å²) in [5, 5.41) is 0. The Labute approximate surface area is 107 Å². The van der Waals surface area contributed by atoms with Crippen LogP contribution in [0, 0.1) is 0 Å². The average molecular weight is 246 g/mol. The lowest BCUT2D eigenvalue weighted by Crippen LogP contribution is -2.38. The molecule has 0 fully saturated rings. The van der Waals surface area contributed by atoms with Gasteiger partial charge in [-0.05, 0) is 0 Å². The van der Waals surface area contributed by atoms with E-state index in [2.05, 4.69) is 9.13 Å². The van der Waals surface area contributed by atoms with E-state index in [0.717, 1.165) is 22.9 Å². The summed E-state index contributed by atoms with van der Waals surface area (Å²) < 4.78 is 14.7. The highest BCUT2D eigenvalue weighted by Crippen LogP contribution is 2.20. The topological polar surface area (TPSA) is 26.2 Å². The summed E-state index contributed by atoms with van der Waals surface area (Å²) in [4.78, 5) is 0. The van der Waals surface area contributed by atoms with Gasteiger partial charge in [-0.1, -0.05) is 0 Å². The summed E-state index contributed by atoms with van der Waals surface area (Å²) in [6, 6.07) is 7.89. The van der Waals surface area contributed by atoms with E-state index in [0.29, 0.717) is 0 Å². The summed E-state index contributed by atoms with van der Waals surface area (Å²) in [6.07, 6.45) is 3.96. The number of aromatic nitrogens is 2. The Morgan fingerprint density at radius 1 is 0.778 bits per heavy atom. The lowest BCUT2D eigenvalue weighted by atomic mass is 10.2. The first-order valence-corrected chi connectivity index (χ1v) is 5.73. The van der Waals surface area contributed by atoms with Crippen molar-refractivity contribution >= 4 is 0 Å². The van der Waals surface area contributed by atoms with Gasteiger partial charge in [-0.3, -0.25) is 0 Å². The zero-order valence-electron chi connectivity index (χ0n) is 11.2. The van der Waals surface area contributed by atoms with Crippen molar-refractivity contribution in [2.45, 2.75) is 0 Å². The van der Waals surface area contributed by atoms with Gasteiger partial charge in [0.05, 0.1) is 26.4 Å². The van der Waals surface area contributed by atoms with E-state index in [-0.39, 0.29) is 0 Å². The third kappa shape index (κ3) is 2.27. The molecule has 94 valence electrons. The van der Waals surface area contributed by atoms with Gasteiger partial charge in [-0.15, -0.1) is 0 Å². The quantitative estimate of drug-likeness (QED) is 0.756. The Morgan fingerprint density at radius 2 is 1.17 bits per heavy atom. The number of hydrogen-bond donors (Lipinski definition) is 0. The highest BCUT2D eigenvalue weighted by molar-refractivity contribution is 5.51. The second-order valence-electron chi connectivity index (χ2n) is 4.13. The minimum Gasteiger partial charge on any atom is -0.496 e. The number of rotatable bonds is 3. The first-order chi connectivity index (χ1) is 8.65. The van der Waals surface area contributed by atoms with Crippen LogP contribution in [0.3, 0.4) is 0 Å². The Hall–Kier alpha value is -2.10. The molecule has 0 aliphatic carbocycles. The van der Waals surface area contributed by atoms with Gasteiger partial charge in [0.1, 0.15) is 25.6 Å². The van der Waals surface area contributed by atoms with Crippen LogP contribution in [-0.2, 0) is 14.1 Å². The van der Waals surface area contributed by atoms with Crippen LogP contribution in [0.5, 0.6) is 11.5 Å². The molecule has 0 saturated carbocycles. The van der Waals surface area contributed by atoms with Crippen LogP contribution in [0.15, 0.2) is 36.7 Å². The van der Waals surface area contributed by atoms with Crippen molar-refractivity contribution in [1.29, 1.82) is 0 Å². The predicted molar refractivity (Wildman–Crippen MR) is 67.3 cm³/mol. The predicted octanol–water partition coefficient (Wildman–Crippen LogP) is 1.02. The number of hydrogen-bond acceptors (Lipinski definition) is 2. The zero-order valence-corrected chi connectivity index (χ0v) is 11.2. The van der Waals surface area contributed by atoms with Crippen LogP contribution in [0.25, 0.3) is 11.4 Å². The zero-order chi connectivity index (χ0) is 13.1. The van der Waals surface area contributed by atoms with E-state index in [1.54, 1.807) is 14.2 Å². The van der Waals surface area contributed by atoms with E-state index < -0.39 is 0 Å². The van der Waals surface area contributed by atoms with Crippen LogP contribution < -0.4 is 18.6 Å². The molecule has 0 unspecified atom stereocenters. The Morgan fingerprint density at radius 3 is 1.50 bits per heavy atom. The Bertz CT molecular complexity index is 516. The second kappa shape index (κ2) is 5.04. The maximum atomic E-state index is 5.27.